The van der Waals surface area contributed by atoms with Crippen LogP contribution in [-0.4, -0.2) is 9.97 Å². The van der Waals surface area contributed by atoms with Crippen molar-refractivity contribution < 1.29 is 0 Å². The van der Waals surface area contributed by atoms with E-state index in [0.29, 0.717) is 9.63 Å². The van der Waals surface area contributed by atoms with E-state index in [1.54, 1.807) is 0 Å². The van der Waals surface area contributed by atoms with Gasteiger partial charge in [-0.1, -0.05) is 25.4 Å². The molecule has 0 atom stereocenters. The van der Waals surface area contributed by atoms with Crippen molar-refractivity contribution in [3.05, 3.63) is 21.1 Å². The number of nitrogens with zero attached hydrogens (tertiary/aromatic N) is 2. The van der Waals surface area contributed by atoms with Crippen LogP contribution in [0.15, 0.2) is 10.7 Å². The van der Waals surface area contributed by atoms with Crippen molar-refractivity contribution in [3.63, 3.8) is 0 Å². The predicted molar refractivity (Wildman–Crippen MR) is 51.1 cm³/mol. The molecule has 5 heteroatoms. The lowest BCUT2D eigenvalue weighted by atomic mass is 10.7. The summed E-state index contributed by atoms with van der Waals surface area (Å²) < 4.78 is 0.647. The molecule has 0 spiro atoms. The van der Waals surface area contributed by atoms with Gasteiger partial charge in [0.25, 0.3) is 0 Å². The third-order valence-corrected chi connectivity index (χ3v) is 1.95. The summed E-state index contributed by atoms with van der Waals surface area (Å²) in [4.78, 5) is 7.31. The normalized spacial score (nSPS) is 8.45. The minimum Gasteiger partial charge on any atom is -0.225 e. The van der Waals surface area contributed by atoms with E-state index in [1.807, 2.05) is 13.8 Å². The van der Waals surface area contributed by atoms with Crippen LogP contribution in [0.25, 0.3) is 0 Å². The van der Waals surface area contributed by atoms with E-state index in [4.69, 9.17) is 23.2 Å². The number of rotatable bonds is 0. The molecule has 0 amide bonds. The Labute approximate surface area is 84.1 Å². The molecule has 0 unspecified atom stereocenters. The zero-order valence-corrected chi connectivity index (χ0v) is 9.20. The van der Waals surface area contributed by atoms with Crippen LogP contribution < -0.4 is 0 Å². The third kappa shape index (κ3) is 3.89. The van der Waals surface area contributed by atoms with Gasteiger partial charge in [-0.3, -0.25) is 0 Å². The van der Waals surface area contributed by atoms with Gasteiger partial charge in [-0.2, -0.15) is 0 Å². The van der Waals surface area contributed by atoms with Crippen molar-refractivity contribution in [3.8, 4) is 0 Å². The average molecular weight is 258 g/mol. The molecular formula is C6H7BrCl2N2. The first kappa shape index (κ1) is 11.1. The van der Waals surface area contributed by atoms with Crippen molar-refractivity contribution in [2.45, 2.75) is 13.8 Å². The minimum absolute atomic E-state index is 0.156. The van der Waals surface area contributed by atoms with Crippen LogP contribution in [0, 0.1) is 0 Å². The van der Waals surface area contributed by atoms with Gasteiger partial charge in [0.2, 0.25) is 5.28 Å². The molecule has 0 aliphatic rings. The Kier molecular flexibility index (Phi) is 5.82. The molecule has 11 heavy (non-hydrogen) atoms. The molecule has 0 aromatic carbocycles. The predicted octanol–water partition coefficient (Wildman–Crippen LogP) is 3.57. The molecule has 0 saturated heterocycles. The second kappa shape index (κ2) is 5.75. The smallest absolute Gasteiger partial charge is 0.223 e. The van der Waals surface area contributed by atoms with Gasteiger partial charge in [0, 0.05) is 6.20 Å². The highest BCUT2D eigenvalue weighted by atomic mass is 79.9. The number of hydrogen-bond acceptors (Lipinski definition) is 2. The molecule has 1 aromatic rings. The van der Waals surface area contributed by atoms with Crippen molar-refractivity contribution in [1.29, 1.82) is 0 Å². The maximum absolute atomic E-state index is 5.53. The van der Waals surface area contributed by atoms with Gasteiger partial charge in [0.05, 0.1) is 4.47 Å². The van der Waals surface area contributed by atoms with Crippen LogP contribution in [0.3, 0.4) is 0 Å². The quantitative estimate of drug-likeness (QED) is 0.525. The molecule has 0 aliphatic carbocycles. The molecule has 2 nitrogen and oxygen atoms in total. The summed E-state index contributed by atoms with van der Waals surface area (Å²) >= 11 is 14.0. The fraction of sp³-hybridized carbons (Fsp3) is 0.333. The highest BCUT2D eigenvalue weighted by Gasteiger charge is 1.97. The first-order chi connectivity index (χ1) is 5.20. The lowest BCUT2D eigenvalue weighted by molar-refractivity contribution is 1.15. The van der Waals surface area contributed by atoms with Crippen LogP contribution in [0.2, 0.25) is 10.4 Å². The summed E-state index contributed by atoms with van der Waals surface area (Å²) in [6, 6.07) is 0. The van der Waals surface area contributed by atoms with Crippen LogP contribution in [0.4, 0.5) is 0 Å². The van der Waals surface area contributed by atoms with E-state index in [-0.39, 0.29) is 5.28 Å². The first-order valence-electron chi connectivity index (χ1n) is 3.03. The van der Waals surface area contributed by atoms with Gasteiger partial charge in [0.15, 0.2) is 0 Å². The maximum Gasteiger partial charge on any atom is 0.223 e. The topological polar surface area (TPSA) is 25.8 Å². The molecule has 62 valence electrons. The monoisotopic (exact) mass is 256 g/mol. The van der Waals surface area contributed by atoms with Crippen LogP contribution in [-0.2, 0) is 0 Å². The van der Waals surface area contributed by atoms with E-state index in [2.05, 4.69) is 25.9 Å². The summed E-state index contributed by atoms with van der Waals surface area (Å²) in [5, 5.41) is 0.484. The average Bonchev–Trinajstić information content (AvgIpc) is 2.02. The van der Waals surface area contributed by atoms with Gasteiger partial charge < -0.3 is 0 Å². The summed E-state index contributed by atoms with van der Waals surface area (Å²) in [5.74, 6) is 0. The molecule has 1 rings (SSSR count). The fourth-order valence-electron chi connectivity index (χ4n) is 0.326. The lowest BCUT2D eigenvalue weighted by Crippen LogP contribution is -1.81. The molecule has 0 aliphatic heterocycles. The van der Waals surface area contributed by atoms with Gasteiger partial charge in [0.1, 0.15) is 5.15 Å². The van der Waals surface area contributed by atoms with Gasteiger partial charge >= 0.3 is 0 Å². The Bertz CT molecular complexity index is 230. The van der Waals surface area contributed by atoms with Gasteiger partial charge in [-0.15, -0.1) is 0 Å². The highest BCUT2D eigenvalue weighted by Crippen LogP contribution is 2.19. The van der Waals surface area contributed by atoms with Crippen molar-refractivity contribution in [2.75, 3.05) is 0 Å². The van der Waals surface area contributed by atoms with Gasteiger partial charge in [-0.25, -0.2) is 9.97 Å². The molecule has 0 N–H and O–H groups in total. The minimum atomic E-state index is 0.156. The van der Waals surface area contributed by atoms with Crippen molar-refractivity contribution in [1.82, 2.24) is 9.97 Å². The Morgan fingerprint density at radius 1 is 1.36 bits per heavy atom. The Morgan fingerprint density at radius 3 is 2.27 bits per heavy atom. The van der Waals surface area contributed by atoms with E-state index in [0.717, 1.165) is 0 Å². The Hall–Kier alpha value is 0.140. The van der Waals surface area contributed by atoms with Crippen molar-refractivity contribution in [2.24, 2.45) is 0 Å². The first-order valence-corrected chi connectivity index (χ1v) is 4.58. The summed E-state index contributed by atoms with van der Waals surface area (Å²) in [5.41, 5.74) is 0. The summed E-state index contributed by atoms with van der Waals surface area (Å²) in [6.07, 6.45) is 1.50. The molecular weight excluding hydrogens is 251 g/mol. The standard InChI is InChI=1S/C4HBrCl2N2.C2H6/c5-2-1-8-4(7)9-3(2)6;1-2/h1H;1-2H3. The van der Waals surface area contributed by atoms with Crippen LogP contribution >= 0.6 is 39.1 Å². The molecule has 0 saturated carbocycles. The van der Waals surface area contributed by atoms with Gasteiger partial charge in [-0.05, 0) is 27.5 Å². The zero-order chi connectivity index (χ0) is 8.85. The van der Waals surface area contributed by atoms with Crippen LogP contribution in [0.5, 0.6) is 0 Å². The van der Waals surface area contributed by atoms with E-state index >= 15 is 0 Å². The highest BCUT2D eigenvalue weighted by molar-refractivity contribution is 9.10. The molecule has 1 aromatic heterocycles. The van der Waals surface area contributed by atoms with E-state index in [1.165, 1.54) is 6.20 Å². The van der Waals surface area contributed by atoms with E-state index in [9.17, 15) is 0 Å². The second-order valence-corrected chi connectivity index (χ2v) is 2.83. The Morgan fingerprint density at radius 2 is 1.91 bits per heavy atom. The van der Waals surface area contributed by atoms with Crippen LogP contribution in [0.1, 0.15) is 13.8 Å². The van der Waals surface area contributed by atoms with Crippen molar-refractivity contribution >= 4 is 39.1 Å². The fourth-order valence-corrected chi connectivity index (χ4v) is 0.823. The summed E-state index contributed by atoms with van der Waals surface area (Å²) in [7, 11) is 0. The number of aromatic nitrogens is 2. The lowest BCUT2D eigenvalue weighted by Gasteiger charge is -1.91. The number of halogens is 3. The molecule has 1 heterocycles. The third-order valence-electron chi connectivity index (χ3n) is 0.672. The molecule has 0 bridgehead atoms. The van der Waals surface area contributed by atoms with E-state index < -0.39 is 0 Å². The molecule has 0 radical (unpaired) electrons. The largest absolute Gasteiger partial charge is 0.225 e. The maximum atomic E-state index is 5.53. The zero-order valence-electron chi connectivity index (χ0n) is 6.11. The summed E-state index contributed by atoms with van der Waals surface area (Å²) in [6.45, 7) is 4.00. The Balaban J connectivity index is 0.000000461. The number of hydrogen-bond donors (Lipinski definition) is 0. The second-order valence-electron chi connectivity index (χ2n) is 1.28. The SMILES string of the molecule is CC.Clc1ncc(Br)c(Cl)n1. The molecule has 0 fully saturated rings.